The standard InChI is InChI=1S/C10H20O3/c1-3-5-8-13-10(11)6-9-12-7-4-2/h3-9H2,1-2H3. The van der Waals surface area contributed by atoms with E-state index in [0.29, 0.717) is 19.6 Å². The summed E-state index contributed by atoms with van der Waals surface area (Å²) in [6.07, 6.45) is 3.37. The molecule has 0 amide bonds. The molecule has 0 saturated heterocycles. The minimum absolute atomic E-state index is 0.149. The molecule has 0 rings (SSSR count). The second-order valence-corrected chi connectivity index (χ2v) is 2.94. The lowest BCUT2D eigenvalue weighted by atomic mass is 10.4. The van der Waals surface area contributed by atoms with Crippen LogP contribution in [0.15, 0.2) is 0 Å². The molecule has 0 aromatic carbocycles. The van der Waals surface area contributed by atoms with Gasteiger partial charge in [0, 0.05) is 6.61 Å². The maximum atomic E-state index is 11.0. The van der Waals surface area contributed by atoms with Gasteiger partial charge in [0.25, 0.3) is 0 Å². The molecule has 0 aromatic rings. The minimum Gasteiger partial charge on any atom is -0.466 e. The van der Waals surface area contributed by atoms with E-state index in [2.05, 4.69) is 6.92 Å². The van der Waals surface area contributed by atoms with E-state index in [1.54, 1.807) is 0 Å². The van der Waals surface area contributed by atoms with Gasteiger partial charge in [-0.1, -0.05) is 20.3 Å². The zero-order valence-electron chi connectivity index (χ0n) is 8.67. The molecule has 0 spiro atoms. The second kappa shape index (κ2) is 9.52. The highest BCUT2D eigenvalue weighted by atomic mass is 16.5. The summed E-state index contributed by atoms with van der Waals surface area (Å²) < 4.78 is 10.1. The van der Waals surface area contributed by atoms with Gasteiger partial charge in [-0.25, -0.2) is 0 Å². The molecule has 0 N–H and O–H groups in total. The Balaban J connectivity index is 3.11. The Kier molecular flexibility index (Phi) is 9.10. The zero-order chi connectivity index (χ0) is 9.94. The highest BCUT2D eigenvalue weighted by Gasteiger charge is 2.01. The van der Waals surface area contributed by atoms with E-state index in [0.717, 1.165) is 25.9 Å². The lowest BCUT2D eigenvalue weighted by Crippen LogP contribution is -2.09. The van der Waals surface area contributed by atoms with Crippen LogP contribution in [-0.4, -0.2) is 25.8 Å². The van der Waals surface area contributed by atoms with Crippen LogP contribution in [0.25, 0.3) is 0 Å². The third kappa shape index (κ3) is 9.34. The van der Waals surface area contributed by atoms with Gasteiger partial charge in [-0.05, 0) is 12.8 Å². The molecule has 0 unspecified atom stereocenters. The van der Waals surface area contributed by atoms with Crippen molar-refractivity contribution in [2.24, 2.45) is 0 Å². The number of esters is 1. The molecule has 3 heteroatoms. The van der Waals surface area contributed by atoms with Gasteiger partial charge in [-0.3, -0.25) is 4.79 Å². The van der Waals surface area contributed by atoms with Crippen molar-refractivity contribution in [2.45, 2.75) is 39.5 Å². The number of hydrogen-bond acceptors (Lipinski definition) is 3. The first-order chi connectivity index (χ1) is 6.31. The highest BCUT2D eigenvalue weighted by Crippen LogP contribution is 1.93. The van der Waals surface area contributed by atoms with E-state index >= 15 is 0 Å². The van der Waals surface area contributed by atoms with E-state index in [1.807, 2.05) is 6.92 Å². The molecule has 0 aliphatic rings. The molecule has 0 saturated carbocycles. The van der Waals surface area contributed by atoms with Gasteiger partial charge in [-0.2, -0.15) is 0 Å². The predicted octanol–water partition coefficient (Wildman–Crippen LogP) is 2.15. The van der Waals surface area contributed by atoms with Crippen LogP contribution in [0.1, 0.15) is 39.5 Å². The summed E-state index contributed by atoms with van der Waals surface area (Å²) >= 11 is 0. The summed E-state index contributed by atoms with van der Waals surface area (Å²) in [4.78, 5) is 11.0. The van der Waals surface area contributed by atoms with E-state index < -0.39 is 0 Å². The van der Waals surface area contributed by atoms with Crippen molar-refractivity contribution >= 4 is 5.97 Å². The Morgan fingerprint density at radius 1 is 1.08 bits per heavy atom. The van der Waals surface area contributed by atoms with Gasteiger partial charge in [0.1, 0.15) is 0 Å². The Bertz CT molecular complexity index is 123. The maximum Gasteiger partial charge on any atom is 0.308 e. The van der Waals surface area contributed by atoms with Crippen LogP contribution in [0, 0.1) is 0 Å². The smallest absolute Gasteiger partial charge is 0.308 e. The van der Waals surface area contributed by atoms with Crippen LogP contribution in [-0.2, 0) is 14.3 Å². The average molecular weight is 188 g/mol. The van der Waals surface area contributed by atoms with Crippen LogP contribution in [0.2, 0.25) is 0 Å². The molecule has 0 aliphatic carbocycles. The Morgan fingerprint density at radius 3 is 2.46 bits per heavy atom. The van der Waals surface area contributed by atoms with E-state index in [1.165, 1.54) is 0 Å². The summed E-state index contributed by atoms with van der Waals surface area (Å²) in [5.41, 5.74) is 0. The van der Waals surface area contributed by atoms with Crippen molar-refractivity contribution in [3.05, 3.63) is 0 Å². The van der Waals surface area contributed by atoms with Crippen LogP contribution in [0.3, 0.4) is 0 Å². The van der Waals surface area contributed by atoms with E-state index in [-0.39, 0.29) is 5.97 Å². The van der Waals surface area contributed by atoms with Crippen molar-refractivity contribution in [2.75, 3.05) is 19.8 Å². The first-order valence-corrected chi connectivity index (χ1v) is 5.04. The minimum atomic E-state index is -0.149. The van der Waals surface area contributed by atoms with Crippen molar-refractivity contribution < 1.29 is 14.3 Å². The number of hydrogen-bond donors (Lipinski definition) is 0. The molecule has 0 bridgehead atoms. The molecule has 0 radical (unpaired) electrons. The lowest BCUT2D eigenvalue weighted by molar-refractivity contribution is -0.144. The van der Waals surface area contributed by atoms with Gasteiger partial charge in [0.15, 0.2) is 0 Å². The number of carbonyl (C=O) groups excluding carboxylic acids is 1. The van der Waals surface area contributed by atoms with Crippen LogP contribution in [0.5, 0.6) is 0 Å². The number of rotatable bonds is 8. The number of ether oxygens (including phenoxy) is 2. The molecule has 0 aromatic heterocycles. The van der Waals surface area contributed by atoms with Crippen molar-refractivity contribution in [1.29, 1.82) is 0 Å². The first-order valence-electron chi connectivity index (χ1n) is 5.04. The van der Waals surface area contributed by atoms with E-state index in [4.69, 9.17) is 9.47 Å². The van der Waals surface area contributed by atoms with Crippen LogP contribution < -0.4 is 0 Å². The molecule has 0 heterocycles. The predicted molar refractivity (Wildman–Crippen MR) is 51.6 cm³/mol. The quantitative estimate of drug-likeness (QED) is 0.432. The van der Waals surface area contributed by atoms with E-state index in [9.17, 15) is 4.79 Å². The second-order valence-electron chi connectivity index (χ2n) is 2.94. The molecular formula is C10H20O3. The van der Waals surface area contributed by atoms with Crippen LogP contribution >= 0.6 is 0 Å². The van der Waals surface area contributed by atoms with Gasteiger partial charge in [0.2, 0.25) is 0 Å². The Labute approximate surface area is 80.4 Å². The third-order valence-electron chi connectivity index (χ3n) is 1.56. The molecular weight excluding hydrogens is 168 g/mol. The fourth-order valence-electron chi connectivity index (χ4n) is 0.804. The zero-order valence-corrected chi connectivity index (χ0v) is 8.67. The third-order valence-corrected chi connectivity index (χ3v) is 1.56. The van der Waals surface area contributed by atoms with Gasteiger partial charge in [0.05, 0.1) is 19.6 Å². The van der Waals surface area contributed by atoms with Gasteiger partial charge < -0.3 is 9.47 Å². The average Bonchev–Trinajstić information content (AvgIpc) is 2.13. The number of unbranched alkanes of at least 4 members (excludes halogenated alkanes) is 1. The van der Waals surface area contributed by atoms with Crippen molar-refractivity contribution in [3.63, 3.8) is 0 Å². The fourth-order valence-corrected chi connectivity index (χ4v) is 0.804. The van der Waals surface area contributed by atoms with Crippen LogP contribution in [0.4, 0.5) is 0 Å². The monoisotopic (exact) mass is 188 g/mol. The normalized spacial score (nSPS) is 10.0. The summed E-state index contributed by atoms with van der Waals surface area (Å²) in [5, 5.41) is 0. The summed E-state index contributed by atoms with van der Waals surface area (Å²) in [7, 11) is 0. The summed E-state index contributed by atoms with van der Waals surface area (Å²) in [6.45, 7) is 5.86. The summed E-state index contributed by atoms with van der Waals surface area (Å²) in [6, 6.07) is 0. The number of carbonyl (C=O) groups is 1. The van der Waals surface area contributed by atoms with Gasteiger partial charge >= 0.3 is 5.97 Å². The SMILES string of the molecule is CCCCOC(=O)CCOCCC. The Hall–Kier alpha value is -0.570. The van der Waals surface area contributed by atoms with Gasteiger partial charge in [-0.15, -0.1) is 0 Å². The molecule has 78 valence electrons. The topological polar surface area (TPSA) is 35.5 Å². The lowest BCUT2D eigenvalue weighted by Gasteiger charge is -2.03. The Morgan fingerprint density at radius 2 is 1.85 bits per heavy atom. The first kappa shape index (κ1) is 12.4. The summed E-state index contributed by atoms with van der Waals surface area (Å²) in [5.74, 6) is -0.149. The molecule has 0 fully saturated rings. The van der Waals surface area contributed by atoms with Crippen molar-refractivity contribution in [1.82, 2.24) is 0 Å². The fraction of sp³-hybridized carbons (Fsp3) is 0.900. The molecule has 0 aliphatic heterocycles. The van der Waals surface area contributed by atoms with Crippen molar-refractivity contribution in [3.8, 4) is 0 Å². The largest absolute Gasteiger partial charge is 0.466 e. The highest BCUT2D eigenvalue weighted by molar-refractivity contribution is 5.69. The maximum absolute atomic E-state index is 11.0. The molecule has 0 atom stereocenters. The molecule has 13 heavy (non-hydrogen) atoms. The molecule has 3 nitrogen and oxygen atoms in total.